The van der Waals surface area contributed by atoms with Crippen molar-refractivity contribution in [3.63, 3.8) is 0 Å². The van der Waals surface area contributed by atoms with E-state index in [0.29, 0.717) is 16.7 Å². The summed E-state index contributed by atoms with van der Waals surface area (Å²) in [6, 6.07) is 4.43. The molecule has 0 radical (unpaired) electrons. The van der Waals surface area contributed by atoms with Gasteiger partial charge in [-0.2, -0.15) is 0 Å². The Morgan fingerprint density at radius 1 is 1.56 bits per heavy atom. The van der Waals surface area contributed by atoms with Gasteiger partial charge in [-0.15, -0.1) is 6.58 Å². The first-order valence-corrected chi connectivity index (χ1v) is 5.49. The van der Waals surface area contributed by atoms with Gasteiger partial charge in [0, 0.05) is 12.2 Å². The molecular formula is C11H12BrFN2O. The van der Waals surface area contributed by atoms with E-state index < -0.39 is 5.82 Å². The molecule has 16 heavy (non-hydrogen) atoms. The lowest BCUT2D eigenvalue weighted by molar-refractivity contribution is -0.115. The summed E-state index contributed by atoms with van der Waals surface area (Å²) in [6.45, 7) is 4.24. The molecule has 2 N–H and O–H groups in total. The molecule has 1 amide bonds. The van der Waals surface area contributed by atoms with Crippen LogP contribution >= 0.6 is 15.9 Å². The van der Waals surface area contributed by atoms with E-state index in [4.69, 9.17) is 0 Å². The number of benzene rings is 1. The van der Waals surface area contributed by atoms with E-state index in [1.165, 1.54) is 6.07 Å². The van der Waals surface area contributed by atoms with Crippen LogP contribution in [0.2, 0.25) is 0 Å². The van der Waals surface area contributed by atoms with Gasteiger partial charge in [-0.3, -0.25) is 4.79 Å². The van der Waals surface area contributed by atoms with Gasteiger partial charge in [0.05, 0.1) is 11.0 Å². The minimum atomic E-state index is -0.406. The van der Waals surface area contributed by atoms with Crippen LogP contribution in [0.1, 0.15) is 0 Å². The van der Waals surface area contributed by atoms with Crippen molar-refractivity contribution in [2.24, 2.45) is 0 Å². The molecule has 3 nitrogen and oxygen atoms in total. The van der Waals surface area contributed by atoms with E-state index in [2.05, 4.69) is 33.1 Å². The second-order valence-electron chi connectivity index (χ2n) is 3.10. The maximum atomic E-state index is 13.1. The zero-order chi connectivity index (χ0) is 12.0. The normalized spacial score (nSPS) is 9.88. The fourth-order valence-electron chi connectivity index (χ4n) is 1.07. The molecule has 1 rings (SSSR count). The molecule has 1 aromatic rings. The largest absolute Gasteiger partial charge is 0.325 e. The highest BCUT2D eigenvalue weighted by Crippen LogP contribution is 2.18. The second kappa shape index (κ2) is 6.40. The van der Waals surface area contributed by atoms with Crippen LogP contribution in [0.25, 0.3) is 0 Å². The van der Waals surface area contributed by atoms with E-state index in [-0.39, 0.29) is 12.5 Å². The van der Waals surface area contributed by atoms with Crippen molar-refractivity contribution in [2.45, 2.75) is 0 Å². The van der Waals surface area contributed by atoms with E-state index >= 15 is 0 Å². The van der Waals surface area contributed by atoms with Crippen LogP contribution in [-0.4, -0.2) is 19.0 Å². The van der Waals surface area contributed by atoms with Gasteiger partial charge in [-0.1, -0.05) is 6.08 Å². The van der Waals surface area contributed by atoms with Crippen LogP contribution < -0.4 is 10.6 Å². The van der Waals surface area contributed by atoms with E-state index in [0.717, 1.165) is 0 Å². The van der Waals surface area contributed by atoms with E-state index in [1.54, 1.807) is 18.2 Å². The minimum Gasteiger partial charge on any atom is -0.325 e. The van der Waals surface area contributed by atoms with Crippen LogP contribution in [0.4, 0.5) is 10.1 Å². The lowest BCUT2D eigenvalue weighted by Gasteiger charge is -2.06. The molecule has 0 aliphatic carbocycles. The lowest BCUT2D eigenvalue weighted by atomic mass is 10.3. The fraction of sp³-hybridized carbons (Fsp3) is 0.182. The Hall–Kier alpha value is -1.20. The van der Waals surface area contributed by atoms with Crippen LogP contribution in [-0.2, 0) is 4.79 Å². The third kappa shape index (κ3) is 4.12. The maximum Gasteiger partial charge on any atom is 0.238 e. The summed E-state index contributed by atoms with van der Waals surface area (Å²) in [5.41, 5.74) is 0.436. The summed E-state index contributed by atoms with van der Waals surface area (Å²) in [4.78, 5) is 11.3. The molecule has 0 saturated carbocycles. The lowest BCUT2D eigenvalue weighted by Crippen LogP contribution is -2.28. The Balaban J connectivity index is 2.49. The van der Waals surface area contributed by atoms with Crippen molar-refractivity contribution in [3.8, 4) is 0 Å². The number of carbonyl (C=O) groups excluding carboxylic acids is 1. The van der Waals surface area contributed by atoms with Crippen molar-refractivity contribution in [2.75, 3.05) is 18.4 Å². The molecule has 0 unspecified atom stereocenters. The number of halogens is 2. The van der Waals surface area contributed by atoms with E-state index in [1.807, 2.05) is 0 Å². The van der Waals surface area contributed by atoms with Gasteiger partial charge >= 0.3 is 0 Å². The van der Waals surface area contributed by atoms with Crippen molar-refractivity contribution >= 4 is 27.5 Å². The standard InChI is InChI=1S/C11H12BrFN2O/c1-2-5-14-7-11(16)15-8-3-4-9(12)10(13)6-8/h2-4,6,14H,1,5,7H2,(H,15,16). The monoisotopic (exact) mass is 286 g/mol. The molecule has 0 aliphatic heterocycles. The number of amides is 1. The van der Waals surface area contributed by atoms with Gasteiger partial charge in [0.2, 0.25) is 5.91 Å². The fourth-order valence-corrected chi connectivity index (χ4v) is 1.31. The molecule has 0 saturated heterocycles. The van der Waals surface area contributed by atoms with Gasteiger partial charge in [-0.05, 0) is 34.1 Å². The van der Waals surface area contributed by atoms with Gasteiger partial charge in [-0.25, -0.2) is 4.39 Å². The maximum absolute atomic E-state index is 13.1. The number of carbonyl (C=O) groups is 1. The molecule has 5 heteroatoms. The van der Waals surface area contributed by atoms with Crippen LogP contribution in [0.15, 0.2) is 35.3 Å². The molecule has 0 bridgehead atoms. The molecule has 0 aromatic heterocycles. The number of rotatable bonds is 5. The predicted octanol–water partition coefficient (Wildman–Crippen LogP) is 2.30. The Morgan fingerprint density at radius 2 is 2.31 bits per heavy atom. The van der Waals surface area contributed by atoms with Gasteiger partial charge in [0.1, 0.15) is 5.82 Å². The van der Waals surface area contributed by atoms with Crippen molar-refractivity contribution in [1.29, 1.82) is 0 Å². The molecule has 86 valence electrons. The predicted molar refractivity (Wildman–Crippen MR) is 65.8 cm³/mol. The summed E-state index contributed by atoms with van der Waals surface area (Å²) in [6.07, 6.45) is 1.66. The highest BCUT2D eigenvalue weighted by Gasteiger charge is 2.04. The molecule has 0 heterocycles. The van der Waals surface area contributed by atoms with Crippen LogP contribution in [0.3, 0.4) is 0 Å². The first-order chi connectivity index (χ1) is 7.63. The topological polar surface area (TPSA) is 41.1 Å². The minimum absolute atomic E-state index is 0.170. The summed E-state index contributed by atoms with van der Waals surface area (Å²) in [5, 5.41) is 5.42. The highest BCUT2D eigenvalue weighted by molar-refractivity contribution is 9.10. The highest BCUT2D eigenvalue weighted by atomic mass is 79.9. The Labute approximate surface area is 102 Å². The Morgan fingerprint density at radius 3 is 2.94 bits per heavy atom. The molecule has 0 spiro atoms. The number of hydrogen-bond acceptors (Lipinski definition) is 2. The van der Waals surface area contributed by atoms with Crippen LogP contribution in [0.5, 0.6) is 0 Å². The zero-order valence-corrected chi connectivity index (χ0v) is 10.2. The zero-order valence-electron chi connectivity index (χ0n) is 8.59. The van der Waals surface area contributed by atoms with Gasteiger partial charge < -0.3 is 10.6 Å². The Bertz CT molecular complexity index is 396. The van der Waals surface area contributed by atoms with E-state index in [9.17, 15) is 9.18 Å². The third-order valence-electron chi connectivity index (χ3n) is 1.78. The SMILES string of the molecule is C=CCNCC(=O)Nc1ccc(Br)c(F)c1. The van der Waals surface area contributed by atoms with Crippen LogP contribution in [0, 0.1) is 5.82 Å². The molecule has 0 aliphatic rings. The quantitative estimate of drug-likeness (QED) is 0.644. The van der Waals surface area contributed by atoms with Gasteiger partial charge in [0.15, 0.2) is 0 Å². The molecule has 0 fully saturated rings. The average molecular weight is 287 g/mol. The smallest absolute Gasteiger partial charge is 0.238 e. The average Bonchev–Trinajstić information content (AvgIpc) is 2.24. The molecule has 1 aromatic carbocycles. The third-order valence-corrected chi connectivity index (χ3v) is 2.42. The molecule has 0 atom stereocenters. The first-order valence-electron chi connectivity index (χ1n) is 4.70. The number of hydrogen-bond donors (Lipinski definition) is 2. The summed E-state index contributed by atoms with van der Waals surface area (Å²) >= 11 is 3.04. The Kier molecular flexibility index (Phi) is 5.14. The number of nitrogens with one attached hydrogen (secondary N) is 2. The van der Waals surface area contributed by atoms with Crippen molar-refractivity contribution in [1.82, 2.24) is 5.32 Å². The summed E-state index contributed by atoms with van der Waals surface area (Å²) < 4.78 is 13.5. The molecular weight excluding hydrogens is 275 g/mol. The van der Waals surface area contributed by atoms with Gasteiger partial charge in [0.25, 0.3) is 0 Å². The summed E-state index contributed by atoms with van der Waals surface area (Å²) in [7, 11) is 0. The number of anilines is 1. The first kappa shape index (κ1) is 12.9. The second-order valence-corrected chi connectivity index (χ2v) is 3.95. The van der Waals surface area contributed by atoms with Crippen molar-refractivity contribution in [3.05, 3.63) is 41.1 Å². The van der Waals surface area contributed by atoms with Crippen molar-refractivity contribution < 1.29 is 9.18 Å². The summed E-state index contributed by atoms with van der Waals surface area (Å²) in [5.74, 6) is -0.625.